The largest absolute Gasteiger partial charge is 0.497 e. The van der Waals surface area contributed by atoms with Gasteiger partial charge in [0, 0.05) is 5.54 Å². The van der Waals surface area contributed by atoms with Crippen molar-refractivity contribution >= 4 is 0 Å². The molecule has 0 unspecified atom stereocenters. The summed E-state index contributed by atoms with van der Waals surface area (Å²) in [7, 11) is 3.69. The summed E-state index contributed by atoms with van der Waals surface area (Å²) in [5.74, 6) is 0.895. The summed E-state index contributed by atoms with van der Waals surface area (Å²) in [5, 5.41) is 3.40. The first-order valence-electron chi connectivity index (χ1n) is 5.97. The second-order valence-electron chi connectivity index (χ2n) is 5.18. The minimum absolute atomic E-state index is 0.0137. The van der Waals surface area contributed by atoms with Crippen LogP contribution in [0, 0.1) is 0 Å². The molecule has 1 heterocycles. The molecule has 0 aromatic heterocycles. The van der Waals surface area contributed by atoms with E-state index in [1.54, 1.807) is 7.11 Å². The van der Waals surface area contributed by atoms with Gasteiger partial charge in [-0.3, -0.25) is 0 Å². The second-order valence-corrected chi connectivity index (χ2v) is 5.18. The van der Waals surface area contributed by atoms with Crippen LogP contribution in [-0.2, 0) is 10.2 Å². The van der Waals surface area contributed by atoms with Gasteiger partial charge in [0.1, 0.15) is 5.75 Å². The molecule has 17 heavy (non-hydrogen) atoms. The Labute approximate surface area is 103 Å². The molecule has 1 N–H and O–H groups in total. The summed E-state index contributed by atoms with van der Waals surface area (Å²) >= 11 is 0. The van der Waals surface area contributed by atoms with E-state index >= 15 is 0 Å². The Morgan fingerprint density at radius 3 is 2.18 bits per heavy atom. The van der Waals surface area contributed by atoms with E-state index in [1.807, 2.05) is 19.2 Å². The van der Waals surface area contributed by atoms with Crippen molar-refractivity contribution in [3.8, 4) is 5.75 Å². The van der Waals surface area contributed by atoms with Crippen LogP contribution in [0.5, 0.6) is 5.75 Å². The minimum atomic E-state index is 0.0137. The molecule has 1 aromatic rings. The highest BCUT2D eigenvalue weighted by Gasteiger charge is 2.51. The molecule has 0 aliphatic carbocycles. The number of hydrogen-bond acceptors (Lipinski definition) is 3. The van der Waals surface area contributed by atoms with E-state index in [9.17, 15) is 0 Å². The first kappa shape index (κ1) is 12.4. The lowest BCUT2D eigenvalue weighted by Gasteiger charge is -2.52. The van der Waals surface area contributed by atoms with Gasteiger partial charge in [0.2, 0.25) is 0 Å². The molecule has 1 aliphatic heterocycles. The van der Waals surface area contributed by atoms with Gasteiger partial charge in [0.25, 0.3) is 0 Å². The fraction of sp³-hybridized carbons (Fsp3) is 0.571. The number of ether oxygens (including phenoxy) is 2. The van der Waals surface area contributed by atoms with Gasteiger partial charge < -0.3 is 14.8 Å². The third-order valence-corrected chi connectivity index (χ3v) is 4.16. The van der Waals surface area contributed by atoms with Crippen LogP contribution in [-0.4, -0.2) is 32.9 Å². The van der Waals surface area contributed by atoms with E-state index in [-0.39, 0.29) is 11.0 Å². The highest BCUT2D eigenvalue weighted by atomic mass is 16.5. The maximum Gasteiger partial charge on any atom is 0.118 e. The fourth-order valence-electron chi connectivity index (χ4n) is 2.34. The Kier molecular flexibility index (Phi) is 3.15. The third kappa shape index (κ3) is 1.83. The topological polar surface area (TPSA) is 30.5 Å². The van der Waals surface area contributed by atoms with Gasteiger partial charge in [-0.1, -0.05) is 12.1 Å². The lowest BCUT2D eigenvalue weighted by Crippen LogP contribution is -2.65. The van der Waals surface area contributed by atoms with E-state index in [1.165, 1.54) is 5.56 Å². The van der Waals surface area contributed by atoms with Crippen LogP contribution in [0.15, 0.2) is 24.3 Å². The Morgan fingerprint density at radius 2 is 1.82 bits per heavy atom. The van der Waals surface area contributed by atoms with Gasteiger partial charge >= 0.3 is 0 Å². The predicted molar refractivity (Wildman–Crippen MR) is 68.6 cm³/mol. The molecular weight excluding hydrogens is 214 g/mol. The predicted octanol–water partition coefficient (Wildman–Crippen LogP) is 1.96. The molecule has 0 atom stereocenters. The van der Waals surface area contributed by atoms with Gasteiger partial charge in [-0.2, -0.15) is 0 Å². The van der Waals surface area contributed by atoms with Crippen LogP contribution in [0.3, 0.4) is 0 Å². The molecule has 2 rings (SSSR count). The molecule has 94 valence electrons. The highest BCUT2D eigenvalue weighted by Crippen LogP contribution is 2.42. The van der Waals surface area contributed by atoms with Crippen LogP contribution in [0.2, 0.25) is 0 Å². The Morgan fingerprint density at radius 1 is 1.24 bits per heavy atom. The summed E-state index contributed by atoms with van der Waals surface area (Å²) in [6, 6.07) is 8.31. The first-order valence-corrected chi connectivity index (χ1v) is 5.97. The molecular formula is C14H21NO2. The standard InChI is InChI=1S/C14H21NO2/c1-13(2,15-3)14(9-17-10-14)11-5-7-12(16-4)8-6-11/h5-8,15H,9-10H2,1-4H3. The van der Waals surface area contributed by atoms with Crippen LogP contribution in [0.4, 0.5) is 0 Å². The van der Waals surface area contributed by atoms with E-state index in [4.69, 9.17) is 9.47 Å². The molecule has 3 nitrogen and oxygen atoms in total. The van der Waals surface area contributed by atoms with Gasteiger partial charge in [-0.05, 0) is 38.6 Å². The smallest absolute Gasteiger partial charge is 0.118 e. The number of nitrogens with one attached hydrogen (secondary N) is 1. The summed E-state index contributed by atoms with van der Waals surface area (Å²) in [6.07, 6.45) is 0. The quantitative estimate of drug-likeness (QED) is 0.865. The lowest BCUT2D eigenvalue weighted by atomic mass is 9.65. The van der Waals surface area contributed by atoms with E-state index in [0.717, 1.165) is 19.0 Å². The Hall–Kier alpha value is -1.06. The van der Waals surface area contributed by atoms with Crippen LogP contribution in [0.1, 0.15) is 19.4 Å². The third-order valence-electron chi connectivity index (χ3n) is 4.16. The van der Waals surface area contributed by atoms with E-state index < -0.39 is 0 Å². The van der Waals surface area contributed by atoms with Crippen molar-refractivity contribution in [1.29, 1.82) is 0 Å². The van der Waals surface area contributed by atoms with Gasteiger partial charge in [-0.25, -0.2) is 0 Å². The zero-order valence-electron chi connectivity index (χ0n) is 11.0. The van der Waals surface area contributed by atoms with Gasteiger partial charge in [0.15, 0.2) is 0 Å². The SMILES string of the molecule is CNC(C)(C)C1(c2ccc(OC)cc2)COC1. The van der Waals surface area contributed by atoms with Gasteiger partial charge in [-0.15, -0.1) is 0 Å². The number of benzene rings is 1. The average Bonchev–Trinajstić information content (AvgIpc) is 2.28. The fourth-order valence-corrected chi connectivity index (χ4v) is 2.34. The van der Waals surface area contributed by atoms with Crippen molar-refractivity contribution < 1.29 is 9.47 Å². The normalized spacial score (nSPS) is 18.6. The molecule has 3 heteroatoms. The molecule has 0 saturated carbocycles. The molecule has 0 spiro atoms. The number of rotatable bonds is 4. The van der Waals surface area contributed by atoms with Crippen LogP contribution < -0.4 is 10.1 Å². The molecule has 0 amide bonds. The monoisotopic (exact) mass is 235 g/mol. The zero-order valence-corrected chi connectivity index (χ0v) is 11.0. The van der Waals surface area contributed by atoms with E-state index in [0.29, 0.717) is 0 Å². The minimum Gasteiger partial charge on any atom is -0.497 e. The number of methoxy groups -OCH3 is 1. The molecule has 1 aliphatic rings. The van der Waals surface area contributed by atoms with Crippen molar-refractivity contribution in [1.82, 2.24) is 5.32 Å². The molecule has 1 aromatic carbocycles. The Balaban J connectivity index is 2.34. The van der Waals surface area contributed by atoms with Crippen molar-refractivity contribution in [2.45, 2.75) is 24.8 Å². The van der Waals surface area contributed by atoms with Crippen molar-refractivity contribution in [3.05, 3.63) is 29.8 Å². The Bertz CT molecular complexity index is 380. The maximum atomic E-state index is 5.47. The molecule has 1 saturated heterocycles. The zero-order chi connectivity index (χ0) is 12.5. The van der Waals surface area contributed by atoms with Gasteiger partial charge in [0.05, 0.1) is 25.7 Å². The summed E-state index contributed by atoms with van der Waals surface area (Å²) in [6.45, 7) is 5.99. The number of hydrogen-bond donors (Lipinski definition) is 1. The molecule has 0 bridgehead atoms. The summed E-state index contributed by atoms with van der Waals surface area (Å²) < 4.78 is 10.7. The average molecular weight is 235 g/mol. The van der Waals surface area contributed by atoms with Crippen molar-refractivity contribution in [3.63, 3.8) is 0 Å². The second kappa shape index (κ2) is 4.31. The van der Waals surface area contributed by atoms with E-state index in [2.05, 4.69) is 31.3 Å². The molecule has 0 radical (unpaired) electrons. The lowest BCUT2D eigenvalue weighted by molar-refractivity contribution is -0.0991. The maximum absolute atomic E-state index is 5.47. The van der Waals surface area contributed by atoms with Crippen molar-refractivity contribution in [2.24, 2.45) is 0 Å². The molecule has 1 fully saturated rings. The summed E-state index contributed by atoms with van der Waals surface area (Å²) in [5.41, 5.74) is 1.39. The van der Waals surface area contributed by atoms with Crippen LogP contribution >= 0.6 is 0 Å². The number of likely N-dealkylation sites (N-methyl/N-ethyl adjacent to an activating group) is 1. The highest BCUT2D eigenvalue weighted by molar-refractivity contribution is 5.37. The first-order chi connectivity index (χ1) is 8.05. The van der Waals surface area contributed by atoms with Crippen LogP contribution in [0.25, 0.3) is 0 Å². The summed E-state index contributed by atoms with van der Waals surface area (Å²) in [4.78, 5) is 0. The van der Waals surface area contributed by atoms with Crippen molar-refractivity contribution in [2.75, 3.05) is 27.4 Å².